The summed E-state index contributed by atoms with van der Waals surface area (Å²) in [5.41, 5.74) is 4.91. The molecule has 1 aromatic carbocycles. The molecule has 0 bridgehead atoms. The lowest BCUT2D eigenvalue weighted by Crippen LogP contribution is -2.26. The Morgan fingerprint density at radius 3 is 2.70 bits per heavy atom. The van der Waals surface area contributed by atoms with Gasteiger partial charge in [-0.1, -0.05) is 36.7 Å². The molecule has 0 aliphatic rings. The summed E-state index contributed by atoms with van der Waals surface area (Å²) in [6.07, 6.45) is 1.73. The summed E-state index contributed by atoms with van der Waals surface area (Å²) < 4.78 is 1.97. The van der Waals surface area contributed by atoms with E-state index in [0.717, 1.165) is 23.8 Å². The number of rotatable bonds is 5. The van der Waals surface area contributed by atoms with E-state index in [1.54, 1.807) is 6.20 Å². The first-order valence-corrected chi connectivity index (χ1v) is 7.48. The van der Waals surface area contributed by atoms with Gasteiger partial charge < -0.3 is 5.32 Å². The molecule has 0 saturated carbocycles. The Hall–Kier alpha value is -1.32. The molecule has 1 unspecified atom stereocenters. The normalized spacial score (nSPS) is 12.7. The van der Waals surface area contributed by atoms with Crippen molar-refractivity contribution < 1.29 is 0 Å². The number of hydrogen-bond acceptors (Lipinski definition) is 2. The summed E-state index contributed by atoms with van der Waals surface area (Å²) in [6, 6.07) is 6.48. The van der Waals surface area contributed by atoms with E-state index in [0.29, 0.717) is 0 Å². The number of nitrogens with zero attached hydrogens (tertiary/aromatic N) is 2. The largest absolute Gasteiger partial charge is 0.305 e. The van der Waals surface area contributed by atoms with Crippen LogP contribution in [0.15, 0.2) is 24.4 Å². The third kappa shape index (κ3) is 2.74. The van der Waals surface area contributed by atoms with Crippen molar-refractivity contribution in [2.45, 2.75) is 40.3 Å². The van der Waals surface area contributed by atoms with Gasteiger partial charge in [-0.2, -0.15) is 5.10 Å². The predicted octanol–water partition coefficient (Wildman–Crippen LogP) is 3.87. The molecule has 0 aliphatic carbocycles. The van der Waals surface area contributed by atoms with Crippen LogP contribution in [0.3, 0.4) is 0 Å². The van der Waals surface area contributed by atoms with E-state index in [2.05, 4.69) is 56.3 Å². The van der Waals surface area contributed by atoms with Crippen LogP contribution in [0.1, 0.15) is 42.3 Å². The Morgan fingerprint density at radius 1 is 1.30 bits per heavy atom. The van der Waals surface area contributed by atoms with Crippen molar-refractivity contribution in [1.29, 1.82) is 0 Å². The van der Waals surface area contributed by atoms with Gasteiger partial charge in [0.2, 0.25) is 0 Å². The number of aromatic nitrogens is 2. The summed E-state index contributed by atoms with van der Waals surface area (Å²) in [5, 5.41) is 8.62. The minimum Gasteiger partial charge on any atom is -0.305 e. The summed E-state index contributed by atoms with van der Waals surface area (Å²) in [4.78, 5) is 0. The minimum absolute atomic E-state index is 0.0786. The molecule has 3 nitrogen and oxygen atoms in total. The summed E-state index contributed by atoms with van der Waals surface area (Å²) in [6.45, 7) is 10.2. The van der Waals surface area contributed by atoms with Gasteiger partial charge in [-0.05, 0) is 44.0 Å². The standard InChI is InChI=1S/C16H22ClN3/c1-5-18-15(13-9-7-8-11(3)12(13)4)16-14(17)10-19-20(16)6-2/h7-10,15,18H,5-6H2,1-4H3. The van der Waals surface area contributed by atoms with Gasteiger partial charge in [0.1, 0.15) is 0 Å². The van der Waals surface area contributed by atoms with Crippen LogP contribution in [-0.4, -0.2) is 16.3 Å². The zero-order valence-corrected chi connectivity index (χ0v) is 13.3. The smallest absolute Gasteiger partial charge is 0.0837 e. The van der Waals surface area contributed by atoms with Gasteiger partial charge in [-0.15, -0.1) is 0 Å². The number of benzene rings is 1. The third-order valence-electron chi connectivity index (χ3n) is 3.77. The van der Waals surface area contributed by atoms with E-state index >= 15 is 0 Å². The second-order valence-electron chi connectivity index (χ2n) is 4.97. The first kappa shape index (κ1) is 15.1. The third-order valence-corrected chi connectivity index (χ3v) is 4.06. The van der Waals surface area contributed by atoms with Crippen molar-refractivity contribution in [1.82, 2.24) is 15.1 Å². The van der Waals surface area contributed by atoms with Crippen LogP contribution in [0.25, 0.3) is 0 Å². The van der Waals surface area contributed by atoms with Crippen LogP contribution in [0, 0.1) is 13.8 Å². The summed E-state index contributed by atoms with van der Waals surface area (Å²) in [5.74, 6) is 0. The van der Waals surface area contributed by atoms with Crippen molar-refractivity contribution in [3.63, 3.8) is 0 Å². The molecule has 1 atom stereocenters. The van der Waals surface area contributed by atoms with E-state index in [1.807, 2.05) is 4.68 Å². The highest BCUT2D eigenvalue weighted by molar-refractivity contribution is 6.31. The molecule has 1 aromatic heterocycles. The quantitative estimate of drug-likeness (QED) is 0.906. The molecule has 2 rings (SSSR count). The topological polar surface area (TPSA) is 29.9 Å². The second kappa shape index (κ2) is 6.42. The molecule has 0 spiro atoms. The minimum atomic E-state index is 0.0786. The molecule has 20 heavy (non-hydrogen) atoms. The van der Waals surface area contributed by atoms with Crippen LogP contribution in [0.4, 0.5) is 0 Å². The molecule has 0 saturated heterocycles. The lowest BCUT2D eigenvalue weighted by Gasteiger charge is -2.22. The average Bonchev–Trinajstić information content (AvgIpc) is 2.81. The molecule has 1 heterocycles. The fourth-order valence-corrected chi connectivity index (χ4v) is 2.81. The van der Waals surface area contributed by atoms with Crippen molar-refractivity contribution >= 4 is 11.6 Å². The van der Waals surface area contributed by atoms with Crippen LogP contribution in [0.2, 0.25) is 5.02 Å². The molecule has 0 radical (unpaired) electrons. The van der Waals surface area contributed by atoms with Crippen LogP contribution < -0.4 is 5.32 Å². The second-order valence-corrected chi connectivity index (χ2v) is 5.38. The van der Waals surface area contributed by atoms with E-state index in [-0.39, 0.29) is 6.04 Å². The maximum absolute atomic E-state index is 6.37. The van der Waals surface area contributed by atoms with E-state index in [1.165, 1.54) is 16.7 Å². The molecular formula is C16H22ClN3. The molecule has 108 valence electrons. The maximum Gasteiger partial charge on any atom is 0.0837 e. The van der Waals surface area contributed by atoms with Crippen molar-refractivity contribution in [2.24, 2.45) is 0 Å². The molecule has 1 N–H and O–H groups in total. The first-order chi connectivity index (χ1) is 9.60. The Morgan fingerprint density at radius 2 is 2.05 bits per heavy atom. The number of halogens is 1. The van der Waals surface area contributed by atoms with Crippen LogP contribution in [-0.2, 0) is 6.54 Å². The number of aryl methyl sites for hydroxylation is 2. The Kier molecular flexibility index (Phi) is 4.84. The van der Waals surface area contributed by atoms with Crippen molar-refractivity contribution in [3.8, 4) is 0 Å². The molecule has 0 amide bonds. The number of hydrogen-bond donors (Lipinski definition) is 1. The van der Waals surface area contributed by atoms with Gasteiger partial charge in [-0.3, -0.25) is 4.68 Å². The fourth-order valence-electron chi connectivity index (χ4n) is 2.56. The molecular weight excluding hydrogens is 270 g/mol. The van der Waals surface area contributed by atoms with Crippen LogP contribution >= 0.6 is 11.6 Å². The monoisotopic (exact) mass is 291 g/mol. The summed E-state index contributed by atoms with van der Waals surface area (Å²) in [7, 11) is 0. The van der Waals surface area contributed by atoms with Gasteiger partial charge in [0.15, 0.2) is 0 Å². The van der Waals surface area contributed by atoms with Crippen molar-refractivity contribution in [2.75, 3.05) is 6.54 Å². The molecule has 4 heteroatoms. The van der Waals surface area contributed by atoms with Gasteiger partial charge in [0, 0.05) is 6.54 Å². The van der Waals surface area contributed by atoms with Gasteiger partial charge >= 0.3 is 0 Å². The first-order valence-electron chi connectivity index (χ1n) is 7.10. The van der Waals surface area contributed by atoms with E-state index < -0.39 is 0 Å². The average molecular weight is 292 g/mol. The fraction of sp³-hybridized carbons (Fsp3) is 0.438. The molecule has 2 aromatic rings. The highest BCUT2D eigenvalue weighted by atomic mass is 35.5. The lowest BCUT2D eigenvalue weighted by molar-refractivity contribution is 0.541. The zero-order chi connectivity index (χ0) is 14.7. The Balaban J connectivity index is 2.56. The Bertz CT molecular complexity index is 589. The maximum atomic E-state index is 6.37. The highest BCUT2D eigenvalue weighted by Gasteiger charge is 2.22. The van der Waals surface area contributed by atoms with Gasteiger partial charge in [0.25, 0.3) is 0 Å². The van der Waals surface area contributed by atoms with Crippen molar-refractivity contribution in [3.05, 3.63) is 51.8 Å². The van der Waals surface area contributed by atoms with Gasteiger partial charge in [0.05, 0.1) is 23.0 Å². The van der Waals surface area contributed by atoms with Crippen LogP contribution in [0.5, 0.6) is 0 Å². The zero-order valence-electron chi connectivity index (χ0n) is 12.6. The van der Waals surface area contributed by atoms with E-state index in [4.69, 9.17) is 11.6 Å². The van der Waals surface area contributed by atoms with E-state index in [9.17, 15) is 0 Å². The SMILES string of the molecule is CCNC(c1cccc(C)c1C)c1c(Cl)cnn1CC. The highest BCUT2D eigenvalue weighted by Crippen LogP contribution is 2.31. The van der Waals surface area contributed by atoms with Gasteiger partial charge in [-0.25, -0.2) is 0 Å². The predicted molar refractivity (Wildman–Crippen MR) is 84.3 cm³/mol. The lowest BCUT2D eigenvalue weighted by atomic mass is 9.95. The Labute approximate surface area is 126 Å². The number of nitrogens with one attached hydrogen (secondary N) is 1. The molecule has 0 aliphatic heterocycles. The molecule has 0 fully saturated rings. The summed E-state index contributed by atoms with van der Waals surface area (Å²) >= 11 is 6.37.